The number of nitrogens with zero attached hydrogens (tertiary/aromatic N) is 2. The molecule has 1 unspecified atom stereocenters. The molecule has 0 fully saturated rings. The van der Waals surface area contributed by atoms with E-state index < -0.39 is 0 Å². The van der Waals surface area contributed by atoms with Gasteiger partial charge < -0.3 is 5.21 Å². The van der Waals surface area contributed by atoms with Gasteiger partial charge in [0.15, 0.2) is 6.04 Å². The van der Waals surface area contributed by atoms with Crippen LogP contribution in [-0.4, -0.2) is 22.5 Å². The fourth-order valence-electron chi connectivity index (χ4n) is 2.44. The Morgan fingerprint density at radius 3 is 2.32 bits per heavy atom. The lowest BCUT2D eigenvalue weighted by Crippen LogP contribution is -2.20. The van der Waals surface area contributed by atoms with Crippen molar-refractivity contribution in [3.63, 3.8) is 0 Å². The molecule has 0 aliphatic carbocycles. The van der Waals surface area contributed by atoms with Gasteiger partial charge in [0, 0.05) is 5.56 Å². The first-order valence-corrected chi connectivity index (χ1v) is 6.46. The zero-order valence-corrected chi connectivity index (χ0v) is 10.6. The summed E-state index contributed by atoms with van der Waals surface area (Å²) in [5.74, 6) is 0. The van der Waals surface area contributed by atoms with Crippen LogP contribution in [0.4, 0.5) is 0 Å². The van der Waals surface area contributed by atoms with Crippen LogP contribution >= 0.6 is 0 Å². The normalized spacial score (nSPS) is 18.4. The molecule has 0 spiro atoms. The highest BCUT2D eigenvalue weighted by Gasteiger charge is 2.28. The lowest BCUT2D eigenvalue weighted by atomic mass is 10.1. The van der Waals surface area contributed by atoms with Crippen molar-refractivity contribution in [3.05, 3.63) is 77.0 Å². The summed E-state index contributed by atoms with van der Waals surface area (Å²) in [6.07, 6.45) is 1.67. The van der Waals surface area contributed by atoms with Crippen molar-refractivity contribution >= 4 is 6.34 Å². The van der Waals surface area contributed by atoms with Crippen LogP contribution in [0.2, 0.25) is 0 Å². The van der Waals surface area contributed by atoms with Crippen LogP contribution in [0.3, 0.4) is 0 Å². The topological polar surface area (TPSA) is 29.3 Å². The highest BCUT2D eigenvalue weighted by molar-refractivity contribution is 5.52. The standard InChI is InChI=1S/C16H16N2O/c19-18-13-17(11-14-7-3-1-4-8-14)12-16(18)15-9-5-2-6-10-15/h1-10,13,16H,11-12H2. The third-order valence-electron chi connectivity index (χ3n) is 3.40. The average molecular weight is 252 g/mol. The third-order valence-corrected chi connectivity index (χ3v) is 3.40. The van der Waals surface area contributed by atoms with E-state index in [0.717, 1.165) is 23.4 Å². The number of hydroxylamine groups is 1. The molecule has 0 aromatic heterocycles. The van der Waals surface area contributed by atoms with Crippen molar-refractivity contribution in [1.29, 1.82) is 0 Å². The van der Waals surface area contributed by atoms with Gasteiger partial charge in [-0.2, -0.15) is 0 Å². The van der Waals surface area contributed by atoms with E-state index in [0.29, 0.717) is 0 Å². The second-order valence-electron chi connectivity index (χ2n) is 4.82. The SMILES string of the molecule is [O-][N+]1=CN(Cc2ccccc2)CC1c1ccccc1. The number of rotatable bonds is 3. The maximum absolute atomic E-state index is 12.0. The van der Waals surface area contributed by atoms with Gasteiger partial charge in [-0.25, -0.2) is 0 Å². The molecule has 2 aromatic rings. The van der Waals surface area contributed by atoms with Crippen LogP contribution in [0.15, 0.2) is 60.7 Å². The van der Waals surface area contributed by atoms with Gasteiger partial charge >= 0.3 is 0 Å². The largest absolute Gasteiger partial charge is 0.715 e. The zero-order valence-electron chi connectivity index (χ0n) is 10.6. The quantitative estimate of drug-likeness (QED) is 0.621. The second-order valence-corrected chi connectivity index (χ2v) is 4.82. The van der Waals surface area contributed by atoms with Gasteiger partial charge in [-0.15, -0.1) is 0 Å². The highest BCUT2D eigenvalue weighted by Crippen LogP contribution is 2.22. The van der Waals surface area contributed by atoms with E-state index in [2.05, 4.69) is 17.0 Å². The van der Waals surface area contributed by atoms with Crippen LogP contribution in [-0.2, 0) is 6.54 Å². The van der Waals surface area contributed by atoms with Gasteiger partial charge in [-0.05, 0) is 5.56 Å². The van der Waals surface area contributed by atoms with E-state index in [-0.39, 0.29) is 6.04 Å². The summed E-state index contributed by atoms with van der Waals surface area (Å²) >= 11 is 0. The smallest absolute Gasteiger partial charge is 0.238 e. The predicted octanol–water partition coefficient (Wildman–Crippen LogP) is 2.78. The first-order valence-electron chi connectivity index (χ1n) is 6.46. The van der Waals surface area contributed by atoms with E-state index in [1.165, 1.54) is 5.56 Å². The summed E-state index contributed by atoms with van der Waals surface area (Å²) in [5.41, 5.74) is 2.30. The summed E-state index contributed by atoms with van der Waals surface area (Å²) in [6.45, 7) is 1.52. The van der Waals surface area contributed by atoms with Gasteiger partial charge in [0.25, 0.3) is 0 Å². The molecule has 0 N–H and O–H groups in total. The Morgan fingerprint density at radius 2 is 1.63 bits per heavy atom. The molecule has 0 saturated heterocycles. The van der Waals surface area contributed by atoms with Crippen LogP contribution in [0, 0.1) is 5.21 Å². The van der Waals surface area contributed by atoms with Crippen LogP contribution in [0.1, 0.15) is 17.2 Å². The van der Waals surface area contributed by atoms with Crippen molar-refractivity contribution in [2.24, 2.45) is 0 Å². The van der Waals surface area contributed by atoms with E-state index in [1.54, 1.807) is 6.34 Å². The molecular formula is C16H16N2O. The van der Waals surface area contributed by atoms with Gasteiger partial charge in [0.2, 0.25) is 6.34 Å². The minimum Gasteiger partial charge on any atom is -0.715 e. The zero-order chi connectivity index (χ0) is 13.1. The Kier molecular flexibility index (Phi) is 3.19. The van der Waals surface area contributed by atoms with E-state index in [9.17, 15) is 5.21 Å². The molecule has 3 nitrogen and oxygen atoms in total. The van der Waals surface area contributed by atoms with Crippen LogP contribution < -0.4 is 0 Å². The lowest BCUT2D eigenvalue weighted by molar-refractivity contribution is -0.491. The molecule has 3 rings (SSSR count). The maximum Gasteiger partial charge on any atom is 0.238 e. The monoisotopic (exact) mass is 252 g/mol. The first-order chi connectivity index (χ1) is 9.33. The Bertz CT molecular complexity index is 566. The third kappa shape index (κ3) is 2.60. The number of benzene rings is 2. The molecule has 3 heteroatoms. The van der Waals surface area contributed by atoms with Gasteiger partial charge in [0.05, 0.1) is 0 Å². The molecule has 2 aromatic carbocycles. The van der Waals surface area contributed by atoms with Crippen molar-refractivity contribution in [3.8, 4) is 0 Å². The van der Waals surface area contributed by atoms with Gasteiger partial charge in [-0.3, -0.25) is 9.64 Å². The number of hydrogen-bond acceptors (Lipinski definition) is 2. The summed E-state index contributed by atoms with van der Waals surface area (Å²) < 4.78 is 1.05. The van der Waals surface area contributed by atoms with Gasteiger partial charge in [0.1, 0.15) is 13.1 Å². The van der Waals surface area contributed by atoms with Crippen molar-refractivity contribution in [2.45, 2.75) is 12.6 Å². The second kappa shape index (κ2) is 5.14. The van der Waals surface area contributed by atoms with Crippen LogP contribution in [0.5, 0.6) is 0 Å². The molecule has 1 aliphatic heterocycles. The summed E-state index contributed by atoms with van der Waals surface area (Å²) in [4.78, 5) is 2.07. The Hall–Kier alpha value is -2.29. The molecule has 19 heavy (non-hydrogen) atoms. The maximum atomic E-state index is 12.0. The van der Waals surface area contributed by atoms with Crippen LogP contribution in [0.25, 0.3) is 0 Å². The molecule has 0 bridgehead atoms. The van der Waals surface area contributed by atoms with E-state index in [4.69, 9.17) is 0 Å². The molecule has 1 heterocycles. The molecule has 0 amide bonds. The summed E-state index contributed by atoms with van der Waals surface area (Å²) in [6, 6.07) is 20.1. The minimum absolute atomic E-state index is 0.0927. The van der Waals surface area contributed by atoms with E-state index >= 15 is 0 Å². The van der Waals surface area contributed by atoms with Crippen molar-refractivity contribution < 1.29 is 4.74 Å². The predicted molar refractivity (Wildman–Crippen MR) is 75.7 cm³/mol. The first kappa shape index (κ1) is 11.8. The highest BCUT2D eigenvalue weighted by atomic mass is 16.5. The lowest BCUT2D eigenvalue weighted by Gasteiger charge is -2.14. The fraction of sp³-hybridized carbons (Fsp3) is 0.188. The minimum atomic E-state index is -0.0927. The number of hydrogen-bond donors (Lipinski definition) is 0. The molecule has 0 saturated carbocycles. The molecule has 96 valence electrons. The molecule has 1 aliphatic rings. The van der Waals surface area contributed by atoms with Crippen molar-refractivity contribution in [1.82, 2.24) is 4.90 Å². The Labute approximate surface area is 113 Å². The van der Waals surface area contributed by atoms with E-state index in [1.807, 2.05) is 48.5 Å². The molecule has 0 radical (unpaired) electrons. The van der Waals surface area contributed by atoms with Gasteiger partial charge in [-0.1, -0.05) is 60.7 Å². The average Bonchev–Trinajstić information content (AvgIpc) is 2.82. The Balaban J connectivity index is 1.72. The molecular weight excluding hydrogens is 236 g/mol. The summed E-state index contributed by atoms with van der Waals surface area (Å²) in [7, 11) is 0. The Morgan fingerprint density at radius 1 is 1.00 bits per heavy atom. The molecule has 1 atom stereocenters. The van der Waals surface area contributed by atoms with Crippen molar-refractivity contribution in [2.75, 3.05) is 6.54 Å². The fourth-order valence-corrected chi connectivity index (χ4v) is 2.44. The summed E-state index contributed by atoms with van der Waals surface area (Å²) in [5, 5.41) is 12.0.